The van der Waals surface area contributed by atoms with Crippen molar-refractivity contribution in [3.63, 3.8) is 0 Å². The lowest BCUT2D eigenvalue weighted by Crippen LogP contribution is -2.24. The van der Waals surface area contributed by atoms with E-state index in [1.165, 1.54) is 6.07 Å². The Morgan fingerprint density at radius 2 is 1.82 bits per heavy atom. The highest BCUT2D eigenvalue weighted by molar-refractivity contribution is 5.61. The number of alkyl halides is 3. The van der Waals surface area contributed by atoms with Crippen LogP contribution in [0.3, 0.4) is 0 Å². The lowest BCUT2D eigenvalue weighted by Gasteiger charge is -2.23. The molecular weight excluding hydrogens is 382 g/mol. The number of nitro benzene ring substituents is 1. The lowest BCUT2D eigenvalue weighted by atomic mass is 9.96. The monoisotopic (exact) mass is 399 g/mol. The Labute approximate surface area is 157 Å². The van der Waals surface area contributed by atoms with Gasteiger partial charge >= 0.3 is 11.9 Å². The van der Waals surface area contributed by atoms with Crippen LogP contribution in [0.2, 0.25) is 0 Å². The third kappa shape index (κ3) is 4.84. The summed E-state index contributed by atoms with van der Waals surface area (Å²) in [4.78, 5) is 17.5. The van der Waals surface area contributed by atoms with Gasteiger partial charge in [0, 0.05) is 23.9 Å². The largest absolute Gasteiger partial charge is 0.433 e. The molecule has 1 aliphatic carbocycles. The van der Waals surface area contributed by atoms with E-state index in [4.69, 9.17) is 0 Å². The molecule has 1 saturated carbocycles. The zero-order chi connectivity index (χ0) is 20.3. The van der Waals surface area contributed by atoms with Gasteiger partial charge in [0.25, 0.3) is 0 Å². The molecule has 1 aromatic heterocycles. The van der Waals surface area contributed by atoms with Crippen LogP contribution in [-0.2, 0) is 6.18 Å². The molecule has 0 aliphatic heterocycles. The molecule has 0 radical (unpaired) electrons. The molecule has 28 heavy (non-hydrogen) atoms. The van der Waals surface area contributed by atoms with Crippen LogP contribution in [0.4, 0.5) is 40.7 Å². The topological polar surface area (TPSA) is 93.0 Å². The van der Waals surface area contributed by atoms with E-state index in [0.29, 0.717) is 6.07 Å². The molecule has 0 amide bonds. The molecule has 2 N–H and O–H groups in total. The third-order valence-corrected chi connectivity index (χ3v) is 4.37. The van der Waals surface area contributed by atoms with Gasteiger partial charge in [-0.15, -0.1) is 0 Å². The molecule has 1 aromatic carbocycles. The summed E-state index contributed by atoms with van der Waals surface area (Å²) in [5.74, 6) is -1.43. The van der Waals surface area contributed by atoms with Crippen LogP contribution in [-0.4, -0.2) is 20.9 Å². The van der Waals surface area contributed by atoms with E-state index in [2.05, 4.69) is 20.6 Å². The number of benzene rings is 1. The average Bonchev–Trinajstić information content (AvgIpc) is 2.63. The highest BCUT2D eigenvalue weighted by atomic mass is 19.4. The molecule has 1 aliphatic rings. The molecule has 0 saturated heterocycles. The molecule has 150 valence electrons. The highest BCUT2D eigenvalue weighted by Crippen LogP contribution is 2.32. The molecule has 3 rings (SSSR count). The number of halogens is 4. The molecule has 0 unspecified atom stereocenters. The molecule has 0 spiro atoms. The smallest absolute Gasteiger partial charge is 0.351 e. The number of aromatic nitrogens is 2. The fraction of sp³-hybridized carbons (Fsp3) is 0.412. The van der Waals surface area contributed by atoms with Gasteiger partial charge in [-0.3, -0.25) is 10.1 Å². The van der Waals surface area contributed by atoms with Crippen molar-refractivity contribution in [2.75, 3.05) is 10.6 Å². The number of hydrogen-bond acceptors (Lipinski definition) is 6. The second kappa shape index (κ2) is 7.95. The third-order valence-electron chi connectivity index (χ3n) is 4.37. The van der Waals surface area contributed by atoms with Crippen molar-refractivity contribution in [2.45, 2.75) is 44.3 Å². The molecular formula is C17H17F4N5O2. The number of rotatable bonds is 5. The minimum absolute atomic E-state index is 0.0167. The fourth-order valence-corrected chi connectivity index (χ4v) is 3.03. The normalized spacial score (nSPS) is 15.3. The van der Waals surface area contributed by atoms with Crippen LogP contribution >= 0.6 is 0 Å². The number of nitrogens with one attached hydrogen (secondary N) is 2. The summed E-state index contributed by atoms with van der Waals surface area (Å²) >= 11 is 0. The minimum Gasteiger partial charge on any atom is -0.351 e. The summed E-state index contributed by atoms with van der Waals surface area (Å²) in [6, 6.07) is 3.59. The lowest BCUT2D eigenvalue weighted by molar-refractivity contribution is -0.387. The first-order valence-corrected chi connectivity index (χ1v) is 8.66. The van der Waals surface area contributed by atoms with E-state index in [-0.39, 0.29) is 23.5 Å². The summed E-state index contributed by atoms with van der Waals surface area (Å²) in [5.41, 5.74) is -1.92. The Kier molecular flexibility index (Phi) is 5.61. The first-order valence-electron chi connectivity index (χ1n) is 8.66. The molecule has 0 bridgehead atoms. The van der Waals surface area contributed by atoms with Gasteiger partial charge in [-0.2, -0.15) is 22.5 Å². The van der Waals surface area contributed by atoms with Crippen LogP contribution in [0, 0.1) is 15.9 Å². The van der Waals surface area contributed by atoms with Crippen molar-refractivity contribution >= 4 is 23.1 Å². The Morgan fingerprint density at radius 3 is 2.46 bits per heavy atom. The predicted molar refractivity (Wildman–Crippen MR) is 93.9 cm³/mol. The van der Waals surface area contributed by atoms with Crippen LogP contribution in [0.25, 0.3) is 0 Å². The van der Waals surface area contributed by atoms with E-state index in [0.717, 1.165) is 44.2 Å². The van der Waals surface area contributed by atoms with Crippen molar-refractivity contribution in [2.24, 2.45) is 0 Å². The standard InChI is InChI=1S/C17H17F4N5O2/c18-12-7-6-11(8-13(12)26(27)28)22-15-9-14(17(19,20)21)24-16(25-15)23-10-4-2-1-3-5-10/h6-10H,1-5H2,(H2,22,23,24,25). The van der Waals surface area contributed by atoms with E-state index < -0.39 is 28.3 Å². The van der Waals surface area contributed by atoms with Crippen LogP contribution < -0.4 is 10.6 Å². The Morgan fingerprint density at radius 1 is 1.11 bits per heavy atom. The molecule has 2 aromatic rings. The summed E-state index contributed by atoms with van der Waals surface area (Å²) in [5, 5.41) is 16.3. The average molecular weight is 399 g/mol. The van der Waals surface area contributed by atoms with Gasteiger partial charge in [0.1, 0.15) is 5.82 Å². The maximum absolute atomic E-state index is 13.5. The van der Waals surface area contributed by atoms with Crippen molar-refractivity contribution in [1.82, 2.24) is 9.97 Å². The number of hydrogen-bond donors (Lipinski definition) is 2. The Bertz CT molecular complexity index is 869. The first-order chi connectivity index (χ1) is 13.2. The second-order valence-corrected chi connectivity index (χ2v) is 6.49. The van der Waals surface area contributed by atoms with Crippen LogP contribution in [0.15, 0.2) is 24.3 Å². The van der Waals surface area contributed by atoms with Gasteiger partial charge in [0.2, 0.25) is 11.8 Å². The fourth-order valence-electron chi connectivity index (χ4n) is 3.03. The van der Waals surface area contributed by atoms with Crippen molar-refractivity contribution in [3.05, 3.63) is 45.9 Å². The predicted octanol–water partition coefficient (Wildman–Crippen LogP) is 5.03. The Hall–Kier alpha value is -2.98. The van der Waals surface area contributed by atoms with Crippen molar-refractivity contribution in [1.29, 1.82) is 0 Å². The zero-order valence-corrected chi connectivity index (χ0v) is 14.6. The van der Waals surface area contributed by atoms with Gasteiger partial charge in [-0.1, -0.05) is 19.3 Å². The maximum atomic E-state index is 13.5. The summed E-state index contributed by atoms with van der Waals surface area (Å²) in [6.07, 6.45) is -0.0457. The summed E-state index contributed by atoms with van der Waals surface area (Å²) in [6.45, 7) is 0. The summed E-state index contributed by atoms with van der Waals surface area (Å²) in [7, 11) is 0. The van der Waals surface area contributed by atoms with Gasteiger partial charge in [0.15, 0.2) is 5.69 Å². The Balaban J connectivity index is 1.90. The maximum Gasteiger partial charge on any atom is 0.433 e. The molecule has 0 atom stereocenters. The number of anilines is 3. The highest BCUT2D eigenvalue weighted by Gasteiger charge is 2.34. The van der Waals surface area contributed by atoms with E-state index >= 15 is 0 Å². The SMILES string of the molecule is O=[N+]([O-])c1cc(Nc2cc(C(F)(F)F)nc(NC3CCCCC3)n2)ccc1F. The minimum atomic E-state index is -4.70. The van der Waals surface area contributed by atoms with Crippen LogP contribution in [0.5, 0.6) is 0 Å². The molecule has 11 heteroatoms. The van der Waals surface area contributed by atoms with E-state index in [9.17, 15) is 27.7 Å². The van der Waals surface area contributed by atoms with Gasteiger partial charge in [0.05, 0.1) is 4.92 Å². The van der Waals surface area contributed by atoms with Crippen molar-refractivity contribution in [3.8, 4) is 0 Å². The van der Waals surface area contributed by atoms with E-state index in [1.807, 2.05) is 0 Å². The van der Waals surface area contributed by atoms with Gasteiger partial charge in [-0.05, 0) is 25.0 Å². The van der Waals surface area contributed by atoms with Gasteiger partial charge < -0.3 is 10.6 Å². The first kappa shape index (κ1) is 19.8. The second-order valence-electron chi connectivity index (χ2n) is 6.49. The summed E-state index contributed by atoms with van der Waals surface area (Å²) < 4.78 is 53.1. The number of nitrogens with zero attached hydrogens (tertiary/aromatic N) is 3. The number of nitro groups is 1. The quantitative estimate of drug-likeness (QED) is 0.416. The molecule has 7 nitrogen and oxygen atoms in total. The van der Waals surface area contributed by atoms with Gasteiger partial charge in [-0.25, -0.2) is 4.98 Å². The molecule has 1 heterocycles. The van der Waals surface area contributed by atoms with E-state index in [1.54, 1.807) is 0 Å². The van der Waals surface area contributed by atoms with Crippen LogP contribution in [0.1, 0.15) is 37.8 Å². The zero-order valence-electron chi connectivity index (χ0n) is 14.6. The van der Waals surface area contributed by atoms with Crippen molar-refractivity contribution < 1.29 is 22.5 Å². The molecule has 1 fully saturated rings.